The molecule has 0 aliphatic carbocycles. The second kappa shape index (κ2) is 5.35. The van der Waals surface area contributed by atoms with Gasteiger partial charge in [0.2, 0.25) is 5.88 Å². The summed E-state index contributed by atoms with van der Waals surface area (Å²) in [6.07, 6.45) is -0.00945. The van der Waals surface area contributed by atoms with Gasteiger partial charge < -0.3 is 10.5 Å². The smallest absolute Gasteiger partial charge is 0.343 e. The maximum atomic E-state index is 11.3. The average Bonchev–Trinajstić information content (AvgIpc) is 2.65. The minimum absolute atomic E-state index is 0.00945. The van der Waals surface area contributed by atoms with Crippen molar-refractivity contribution in [3.05, 3.63) is 22.6 Å². The minimum atomic E-state index is -0.267. The van der Waals surface area contributed by atoms with Crippen molar-refractivity contribution >= 4 is 17.4 Å². The number of nitrogens with one attached hydrogen (secondary N) is 1. The Morgan fingerprint density at radius 1 is 1.47 bits per heavy atom. The Morgan fingerprint density at radius 2 is 2.21 bits per heavy atom. The Bertz CT molecular complexity index is 634. The Morgan fingerprint density at radius 3 is 2.79 bits per heavy atom. The van der Waals surface area contributed by atoms with E-state index in [2.05, 4.69) is 15.2 Å². The molecule has 0 aliphatic heterocycles. The summed E-state index contributed by atoms with van der Waals surface area (Å²) in [5.41, 5.74) is 6.00. The number of hydrogen-bond donors (Lipinski definition) is 2. The van der Waals surface area contributed by atoms with E-state index in [-0.39, 0.29) is 11.8 Å². The molecule has 0 unspecified atom stereocenters. The molecule has 2 heterocycles. The van der Waals surface area contributed by atoms with Crippen molar-refractivity contribution < 1.29 is 4.74 Å². The molecule has 0 spiro atoms. The molecule has 0 aliphatic rings. The predicted octanol–water partition coefficient (Wildman–Crippen LogP) is 1.02. The predicted molar refractivity (Wildman–Crippen MR) is 72.4 cm³/mol. The summed E-state index contributed by atoms with van der Waals surface area (Å²) < 4.78 is 6.92. The van der Waals surface area contributed by atoms with Gasteiger partial charge >= 0.3 is 5.69 Å². The number of nitrogens with two attached hydrogens (primary N) is 1. The van der Waals surface area contributed by atoms with Crippen LogP contribution in [-0.4, -0.2) is 25.9 Å². The van der Waals surface area contributed by atoms with Gasteiger partial charge in [-0.2, -0.15) is 0 Å². The van der Waals surface area contributed by atoms with Gasteiger partial charge in [-0.15, -0.1) is 5.10 Å². The van der Waals surface area contributed by atoms with E-state index in [1.807, 2.05) is 13.8 Å². The zero-order chi connectivity index (χ0) is 14.0. The van der Waals surface area contributed by atoms with E-state index in [1.54, 1.807) is 19.2 Å². The number of hydrogen-bond acceptors (Lipinski definition) is 6. The van der Waals surface area contributed by atoms with Crippen LogP contribution in [0.2, 0.25) is 0 Å². The first-order valence-electron chi connectivity index (χ1n) is 5.70. The Labute approximate surface area is 114 Å². The lowest BCUT2D eigenvalue weighted by molar-refractivity contribution is 0.232. The Kier molecular flexibility index (Phi) is 3.79. The lowest BCUT2D eigenvalue weighted by Crippen LogP contribution is -2.13. The molecule has 2 aromatic heterocycles. The number of aromatic nitrogens is 4. The molecule has 0 bridgehead atoms. The van der Waals surface area contributed by atoms with Crippen molar-refractivity contribution in [1.29, 1.82) is 0 Å². The second-order valence-electron chi connectivity index (χ2n) is 4.18. The molecule has 0 atom stereocenters. The second-order valence-corrected chi connectivity index (χ2v) is 5.17. The molecule has 0 saturated heterocycles. The first-order chi connectivity index (χ1) is 8.97. The normalized spacial score (nSPS) is 10.9. The van der Waals surface area contributed by atoms with E-state index in [4.69, 9.17) is 10.5 Å². The number of H-pyrrole nitrogens is 1. The van der Waals surface area contributed by atoms with Crippen LogP contribution in [0, 0.1) is 0 Å². The first-order valence-corrected chi connectivity index (χ1v) is 6.51. The zero-order valence-corrected chi connectivity index (χ0v) is 11.7. The van der Waals surface area contributed by atoms with Crippen molar-refractivity contribution in [1.82, 2.24) is 19.7 Å². The number of rotatable bonds is 4. The van der Waals surface area contributed by atoms with Gasteiger partial charge in [-0.3, -0.25) is 4.57 Å². The van der Waals surface area contributed by atoms with E-state index in [0.717, 1.165) is 0 Å². The highest BCUT2D eigenvalue weighted by atomic mass is 32.2. The molecule has 0 radical (unpaired) electrons. The number of anilines is 1. The van der Waals surface area contributed by atoms with Gasteiger partial charge in [-0.1, -0.05) is 0 Å². The molecule has 3 N–H and O–H groups in total. The highest BCUT2D eigenvalue weighted by molar-refractivity contribution is 7.99. The molecule has 7 nitrogen and oxygen atoms in total. The van der Waals surface area contributed by atoms with Crippen LogP contribution in [0.3, 0.4) is 0 Å². The third kappa shape index (κ3) is 3.08. The number of nitrogen functional groups attached to an aromatic ring is 1. The van der Waals surface area contributed by atoms with Crippen molar-refractivity contribution in [3.63, 3.8) is 0 Å². The largest absolute Gasteiger partial charge is 0.473 e. The van der Waals surface area contributed by atoms with Gasteiger partial charge in [0.25, 0.3) is 0 Å². The maximum absolute atomic E-state index is 11.3. The first kappa shape index (κ1) is 13.5. The molecule has 8 heteroatoms. The fraction of sp³-hybridized carbons (Fsp3) is 0.364. The van der Waals surface area contributed by atoms with Gasteiger partial charge in [-0.05, 0) is 37.7 Å². The fourth-order valence-electron chi connectivity index (χ4n) is 1.33. The van der Waals surface area contributed by atoms with Crippen LogP contribution >= 0.6 is 11.8 Å². The number of pyridine rings is 1. The highest BCUT2D eigenvalue weighted by Crippen LogP contribution is 2.28. The lowest BCUT2D eigenvalue weighted by atomic mass is 10.4. The summed E-state index contributed by atoms with van der Waals surface area (Å²) in [5, 5.41) is 7.45. The SMILES string of the molecule is CC(C)Oc1nc(Sc2n[nH]c(=O)n2C)ccc1N. The van der Waals surface area contributed by atoms with Gasteiger partial charge in [0, 0.05) is 7.05 Å². The van der Waals surface area contributed by atoms with Gasteiger partial charge in [0.05, 0.1) is 11.8 Å². The zero-order valence-electron chi connectivity index (χ0n) is 10.9. The van der Waals surface area contributed by atoms with E-state index in [1.165, 1.54) is 16.3 Å². The highest BCUT2D eigenvalue weighted by Gasteiger charge is 2.11. The number of aromatic amines is 1. The summed E-state index contributed by atoms with van der Waals surface area (Å²) in [4.78, 5) is 15.6. The number of nitrogens with zero attached hydrogens (tertiary/aromatic N) is 3. The summed E-state index contributed by atoms with van der Waals surface area (Å²) >= 11 is 1.26. The molecule has 0 aromatic carbocycles. The summed E-state index contributed by atoms with van der Waals surface area (Å²) in [7, 11) is 1.64. The van der Waals surface area contributed by atoms with E-state index >= 15 is 0 Å². The topological polar surface area (TPSA) is 98.8 Å². The minimum Gasteiger partial charge on any atom is -0.473 e. The molecule has 0 amide bonds. The Hall–Kier alpha value is -1.96. The molecule has 0 saturated carbocycles. The molecule has 2 aromatic rings. The molecule has 102 valence electrons. The van der Waals surface area contributed by atoms with E-state index in [0.29, 0.717) is 21.7 Å². The Balaban J connectivity index is 2.26. The fourth-order valence-corrected chi connectivity index (χ4v) is 2.09. The van der Waals surface area contributed by atoms with Crippen LogP contribution in [-0.2, 0) is 7.05 Å². The van der Waals surface area contributed by atoms with Crippen LogP contribution in [0.5, 0.6) is 5.88 Å². The van der Waals surface area contributed by atoms with Crippen LogP contribution < -0.4 is 16.2 Å². The molecular weight excluding hydrogens is 266 g/mol. The van der Waals surface area contributed by atoms with E-state index in [9.17, 15) is 4.79 Å². The third-order valence-corrected chi connectivity index (χ3v) is 3.23. The molecular formula is C11H15N5O2S. The van der Waals surface area contributed by atoms with Crippen molar-refractivity contribution in [2.24, 2.45) is 7.05 Å². The lowest BCUT2D eigenvalue weighted by Gasteiger charge is -2.11. The maximum Gasteiger partial charge on any atom is 0.343 e. The molecule has 19 heavy (non-hydrogen) atoms. The van der Waals surface area contributed by atoms with E-state index < -0.39 is 0 Å². The van der Waals surface area contributed by atoms with Crippen molar-refractivity contribution in [3.8, 4) is 5.88 Å². The molecule has 2 rings (SSSR count). The van der Waals surface area contributed by atoms with Gasteiger partial charge in [0.15, 0.2) is 5.16 Å². The van der Waals surface area contributed by atoms with Crippen LogP contribution in [0.4, 0.5) is 5.69 Å². The van der Waals surface area contributed by atoms with Gasteiger partial charge in [-0.25, -0.2) is 14.9 Å². The summed E-state index contributed by atoms with van der Waals surface area (Å²) in [6.45, 7) is 3.80. The standard InChI is InChI=1S/C11H15N5O2S/c1-6(2)18-9-7(12)4-5-8(13-9)19-11-15-14-10(17)16(11)3/h4-6H,12H2,1-3H3,(H,14,17). The third-order valence-electron chi connectivity index (χ3n) is 2.25. The van der Waals surface area contributed by atoms with Gasteiger partial charge in [0.1, 0.15) is 5.03 Å². The quantitative estimate of drug-likeness (QED) is 0.868. The van der Waals surface area contributed by atoms with Crippen molar-refractivity contribution in [2.45, 2.75) is 30.1 Å². The van der Waals surface area contributed by atoms with Crippen LogP contribution in [0.1, 0.15) is 13.8 Å². The summed E-state index contributed by atoms with van der Waals surface area (Å²) in [6, 6.07) is 3.48. The van der Waals surface area contributed by atoms with Crippen LogP contribution in [0.15, 0.2) is 27.1 Å². The number of ether oxygens (including phenoxy) is 1. The summed E-state index contributed by atoms with van der Waals surface area (Å²) in [5.74, 6) is 0.389. The average molecular weight is 281 g/mol. The van der Waals surface area contributed by atoms with Crippen molar-refractivity contribution in [2.75, 3.05) is 5.73 Å². The van der Waals surface area contributed by atoms with Crippen LogP contribution in [0.25, 0.3) is 0 Å². The monoisotopic (exact) mass is 281 g/mol. The molecule has 0 fully saturated rings.